The molecular formula is C18H22FN5O. The molecule has 1 aromatic carbocycles. The Morgan fingerprint density at radius 1 is 1.24 bits per heavy atom. The minimum Gasteiger partial charge on any atom is -0.349 e. The van der Waals surface area contributed by atoms with Gasteiger partial charge in [0.25, 0.3) is 0 Å². The van der Waals surface area contributed by atoms with Crippen molar-refractivity contribution < 1.29 is 9.18 Å². The van der Waals surface area contributed by atoms with Crippen molar-refractivity contribution in [1.29, 1.82) is 0 Å². The summed E-state index contributed by atoms with van der Waals surface area (Å²) in [6.07, 6.45) is 1.44. The van der Waals surface area contributed by atoms with Crippen LogP contribution in [0.15, 0.2) is 30.6 Å². The van der Waals surface area contributed by atoms with Crippen LogP contribution < -0.4 is 10.2 Å². The molecule has 3 rings (SSSR count). The quantitative estimate of drug-likeness (QED) is 0.900. The van der Waals surface area contributed by atoms with E-state index in [0.29, 0.717) is 11.8 Å². The van der Waals surface area contributed by atoms with E-state index in [1.54, 1.807) is 17.0 Å². The maximum atomic E-state index is 13.1. The molecule has 1 amide bonds. The first kappa shape index (κ1) is 17.3. The highest BCUT2D eigenvalue weighted by Gasteiger charge is 2.62. The van der Waals surface area contributed by atoms with Crippen LogP contribution >= 0.6 is 0 Å². The summed E-state index contributed by atoms with van der Waals surface area (Å²) in [6.45, 7) is 4.36. The second-order valence-corrected chi connectivity index (χ2v) is 7.14. The molecule has 2 atom stereocenters. The fraction of sp³-hybridized carbons (Fsp3) is 0.444. The van der Waals surface area contributed by atoms with E-state index in [4.69, 9.17) is 0 Å². The molecule has 7 heteroatoms. The highest BCUT2D eigenvalue weighted by Crippen LogP contribution is 2.64. The molecule has 0 bridgehead atoms. The Bertz CT molecular complexity index is 775. The van der Waals surface area contributed by atoms with Crippen molar-refractivity contribution in [3.05, 3.63) is 47.8 Å². The summed E-state index contributed by atoms with van der Waals surface area (Å²) in [5.41, 5.74) is 0.831. The van der Waals surface area contributed by atoms with Gasteiger partial charge >= 0.3 is 0 Å². The van der Waals surface area contributed by atoms with Gasteiger partial charge < -0.3 is 10.2 Å². The largest absolute Gasteiger partial charge is 0.349 e. The highest BCUT2D eigenvalue weighted by molar-refractivity contribution is 5.84. The Balaban J connectivity index is 1.65. The minimum atomic E-state index is -0.269. The van der Waals surface area contributed by atoms with Crippen molar-refractivity contribution in [2.45, 2.75) is 26.3 Å². The monoisotopic (exact) mass is 343 g/mol. The van der Waals surface area contributed by atoms with Crippen molar-refractivity contribution in [3.8, 4) is 0 Å². The number of carbonyl (C=O) groups excluding carboxylic acids is 1. The molecule has 1 heterocycles. The second kappa shape index (κ2) is 6.38. The Kier molecular flexibility index (Phi) is 4.41. The van der Waals surface area contributed by atoms with Gasteiger partial charge in [-0.05, 0) is 23.1 Å². The predicted octanol–water partition coefficient (Wildman–Crippen LogP) is 2.13. The van der Waals surface area contributed by atoms with Gasteiger partial charge in [-0.25, -0.2) is 14.4 Å². The van der Waals surface area contributed by atoms with E-state index in [1.807, 2.05) is 14.1 Å². The van der Waals surface area contributed by atoms with Crippen LogP contribution in [0.3, 0.4) is 0 Å². The lowest BCUT2D eigenvalue weighted by atomic mass is 10.0. The zero-order chi connectivity index (χ0) is 18.2. The maximum absolute atomic E-state index is 13.1. The fourth-order valence-electron chi connectivity index (χ4n) is 3.32. The van der Waals surface area contributed by atoms with Crippen LogP contribution in [0.25, 0.3) is 0 Å². The summed E-state index contributed by atoms with van der Waals surface area (Å²) in [4.78, 5) is 26.8. The zero-order valence-electron chi connectivity index (χ0n) is 14.8. The SMILES string of the molecule is CN(C)c1ncnc(CNC(=O)C2C(c3ccc(F)cc3)C2(C)C)n1. The third-order valence-electron chi connectivity index (χ3n) is 4.77. The lowest BCUT2D eigenvalue weighted by Crippen LogP contribution is -2.27. The number of benzene rings is 1. The summed E-state index contributed by atoms with van der Waals surface area (Å²) in [5, 5.41) is 2.91. The van der Waals surface area contributed by atoms with Gasteiger partial charge in [-0.2, -0.15) is 4.98 Å². The number of rotatable bonds is 5. The number of carbonyl (C=O) groups is 1. The Morgan fingerprint density at radius 3 is 2.56 bits per heavy atom. The first-order chi connectivity index (χ1) is 11.8. The highest BCUT2D eigenvalue weighted by atomic mass is 19.1. The lowest BCUT2D eigenvalue weighted by molar-refractivity contribution is -0.123. The molecule has 25 heavy (non-hydrogen) atoms. The van der Waals surface area contributed by atoms with Crippen LogP contribution in [0.2, 0.25) is 0 Å². The van der Waals surface area contributed by atoms with Crippen LogP contribution in [0.1, 0.15) is 31.2 Å². The van der Waals surface area contributed by atoms with Crippen LogP contribution in [0.4, 0.5) is 10.3 Å². The molecule has 1 aromatic heterocycles. The molecule has 1 N–H and O–H groups in total. The lowest BCUT2D eigenvalue weighted by Gasteiger charge is -2.10. The van der Waals surface area contributed by atoms with Gasteiger partial charge in [0.2, 0.25) is 11.9 Å². The minimum absolute atomic E-state index is 0.0360. The summed E-state index contributed by atoms with van der Waals surface area (Å²) in [5.74, 6) is 0.705. The van der Waals surface area contributed by atoms with E-state index < -0.39 is 0 Å². The topological polar surface area (TPSA) is 71.0 Å². The third kappa shape index (κ3) is 3.45. The van der Waals surface area contributed by atoms with Crippen molar-refractivity contribution in [2.24, 2.45) is 11.3 Å². The van der Waals surface area contributed by atoms with Crippen LogP contribution in [-0.4, -0.2) is 35.0 Å². The number of hydrogen-bond donors (Lipinski definition) is 1. The van der Waals surface area contributed by atoms with E-state index in [-0.39, 0.29) is 35.5 Å². The Labute approximate surface area is 146 Å². The number of halogens is 1. The van der Waals surface area contributed by atoms with Crippen molar-refractivity contribution >= 4 is 11.9 Å². The van der Waals surface area contributed by atoms with Crippen molar-refractivity contribution in [3.63, 3.8) is 0 Å². The van der Waals surface area contributed by atoms with Gasteiger partial charge in [0.15, 0.2) is 5.82 Å². The van der Waals surface area contributed by atoms with E-state index in [1.165, 1.54) is 18.5 Å². The number of anilines is 1. The van der Waals surface area contributed by atoms with E-state index in [2.05, 4.69) is 34.1 Å². The fourth-order valence-corrected chi connectivity index (χ4v) is 3.32. The molecule has 1 aliphatic rings. The molecular weight excluding hydrogens is 321 g/mol. The third-order valence-corrected chi connectivity index (χ3v) is 4.77. The second-order valence-electron chi connectivity index (χ2n) is 7.14. The van der Waals surface area contributed by atoms with Gasteiger partial charge in [-0.15, -0.1) is 0 Å². The van der Waals surface area contributed by atoms with Crippen LogP contribution in [-0.2, 0) is 11.3 Å². The predicted molar refractivity (Wildman–Crippen MR) is 92.4 cm³/mol. The molecule has 0 aliphatic heterocycles. The molecule has 2 aromatic rings. The number of nitrogens with zero attached hydrogens (tertiary/aromatic N) is 4. The number of aromatic nitrogens is 3. The van der Waals surface area contributed by atoms with Gasteiger partial charge in [-0.1, -0.05) is 26.0 Å². The molecule has 0 radical (unpaired) electrons. The van der Waals surface area contributed by atoms with Crippen molar-refractivity contribution in [2.75, 3.05) is 19.0 Å². The zero-order valence-corrected chi connectivity index (χ0v) is 14.8. The van der Waals surface area contributed by atoms with Crippen molar-refractivity contribution in [1.82, 2.24) is 20.3 Å². The van der Waals surface area contributed by atoms with E-state index >= 15 is 0 Å². The molecule has 2 unspecified atom stereocenters. The molecule has 0 spiro atoms. The standard InChI is InChI=1S/C18H22FN5O/c1-18(2)14(11-5-7-12(19)8-6-11)15(18)16(25)20-9-13-21-10-22-17(23-13)24(3)4/h5-8,10,14-15H,9H2,1-4H3,(H,20,25). The first-order valence-electron chi connectivity index (χ1n) is 8.19. The Hall–Kier alpha value is -2.57. The average molecular weight is 343 g/mol. The number of amides is 1. The summed E-state index contributed by atoms with van der Waals surface area (Å²) >= 11 is 0. The van der Waals surface area contributed by atoms with Gasteiger partial charge in [-0.3, -0.25) is 4.79 Å². The molecule has 0 saturated heterocycles. The molecule has 6 nitrogen and oxygen atoms in total. The molecule has 132 valence electrons. The molecule has 1 saturated carbocycles. The first-order valence-corrected chi connectivity index (χ1v) is 8.19. The average Bonchev–Trinajstić information content (AvgIpc) is 3.16. The summed E-state index contributed by atoms with van der Waals surface area (Å²) < 4.78 is 13.1. The number of nitrogens with one attached hydrogen (secondary N) is 1. The van der Waals surface area contributed by atoms with Crippen LogP contribution in [0.5, 0.6) is 0 Å². The normalized spacial score (nSPS) is 20.8. The molecule has 1 aliphatic carbocycles. The van der Waals surface area contributed by atoms with E-state index in [0.717, 1.165) is 5.56 Å². The smallest absolute Gasteiger partial charge is 0.228 e. The Morgan fingerprint density at radius 2 is 1.92 bits per heavy atom. The van der Waals surface area contributed by atoms with Gasteiger partial charge in [0.05, 0.1) is 12.5 Å². The van der Waals surface area contributed by atoms with Gasteiger partial charge in [0, 0.05) is 20.0 Å². The summed E-state index contributed by atoms with van der Waals surface area (Å²) in [7, 11) is 3.69. The van der Waals surface area contributed by atoms with Crippen LogP contribution in [0, 0.1) is 17.2 Å². The molecule has 1 fully saturated rings. The number of hydrogen-bond acceptors (Lipinski definition) is 5. The maximum Gasteiger partial charge on any atom is 0.228 e. The van der Waals surface area contributed by atoms with Gasteiger partial charge in [0.1, 0.15) is 12.1 Å². The summed E-state index contributed by atoms with van der Waals surface area (Å²) in [6, 6.07) is 6.38. The van der Waals surface area contributed by atoms with E-state index in [9.17, 15) is 9.18 Å².